The van der Waals surface area contributed by atoms with E-state index >= 15 is 0 Å². The van der Waals surface area contributed by atoms with Crippen LogP contribution in [0.15, 0.2) is 23.1 Å². The number of hydrogen-bond donors (Lipinski definition) is 1. The third-order valence-corrected chi connectivity index (χ3v) is 1.50. The van der Waals surface area contributed by atoms with Crippen molar-refractivity contribution in [3.8, 4) is 5.75 Å². The van der Waals surface area contributed by atoms with Crippen molar-refractivity contribution in [2.45, 2.75) is 11.3 Å². The van der Waals surface area contributed by atoms with E-state index in [4.69, 9.17) is 0 Å². The van der Waals surface area contributed by atoms with Gasteiger partial charge in [-0.25, -0.2) is 4.39 Å². The van der Waals surface area contributed by atoms with E-state index in [2.05, 4.69) is 17.4 Å². The van der Waals surface area contributed by atoms with Crippen LogP contribution < -0.4 is 4.74 Å². The topological polar surface area (TPSA) is 9.23 Å². The Bertz CT molecular complexity index is 310. The van der Waals surface area contributed by atoms with Gasteiger partial charge in [0.05, 0.1) is 0 Å². The molecule has 13 heavy (non-hydrogen) atoms. The molecule has 0 aliphatic carbocycles. The van der Waals surface area contributed by atoms with E-state index in [0.29, 0.717) is 0 Å². The first-order chi connectivity index (χ1) is 5.88. The van der Waals surface area contributed by atoms with Gasteiger partial charge in [0, 0.05) is 4.90 Å². The van der Waals surface area contributed by atoms with Gasteiger partial charge in [0.1, 0.15) is 11.6 Å². The van der Waals surface area contributed by atoms with Gasteiger partial charge in [-0.1, -0.05) is 0 Å². The van der Waals surface area contributed by atoms with E-state index in [1.165, 1.54) is 0 Å². The molecule has 1 rings (SSSR count). The highest BCUT2D eigenvalue weighted by atomic mass is 32.1. The molecule has 0 saturated carbocycles. The lowest BCUT2D eigenvalue weighted by Crippen LogP contribution is -2.17. The summed E-state index contributed by atoms with van der Waals surface area (Å²) in [6.07, 6.45) is -4.78. The molecule has 0 heterocycles. The molecule has 0 radical (unpaired) electrons. The van der Waals surface area contributed by atoms with Crippen LogP contribution in [0.3, 0.4) is 0 Å². The van der Waals surface area contributed by atoms with Gasteiger partial charge in [-0.3, -0.25) is 0 Å². The van der Waals surface area contributed by atoms with E-state index in [1.54, 1.807) is 0 Å². The number of thiol groups is 1. The molecule has 0 atom stereocenters. The third kappa shape index (κ3) is 3.14. The van der Waals surface area contributed by atoms with Crippen molar-refractivity contribution < 1.29 is 22.3 Å². The number of hydrogen-bond acceptors (Lipinski definition) is 2. The quantitative estimate of drug-likeness (QED) is 0.556. The maximum Gasteiger partial charge on any atom is 0.573 e. The van der Waals surface area contributed by atoms with E-state index in [0.717, 1.165) is 18.2 Å². The van der Waals surface area contributed by atoms with Crippen LogP contribution in [0.4, 0.5) is 17.6 Å². The van der Waals surface area contributed by atoms with Crippen molar-refractivity contribution >= 4 is 12.6 Å². The number of halogens is 4. The predicted molar refractivity (Wildman–Crippen MR) is 40.3 cm³/mol. The molecule has 0 amide bonds. The Kier molecular flexibility index (Phi) is 2.70. The maximum atomic E-state index is 12.4. The number of rotatable bonds is 1. The first kappa shape index (κ1) is 10.2. The summed E-state index contributed by atoms with van der Waals surface area (Å²) < 4.78 is 51.0. The van der Waals surface area contributed by atoms with Crippen LogP contribution in [0.2, 0.25) is 0 Å². The highest BCUT2D eigenvalue weighted by Crippen LogP contribution is 2.28. The van der Waals surface area contributed by atoms with Gasteiger partial charge in [-0.15, -0.1) is 25.8 Å². The highest BCUT2D eigenvalue weighted by Gasteiger charge is 2.31. The minimum absolute atomic E-state index is 0.197. The minimum atomic E-state index is -4.78. The summed E-state index contributed by atoms with van der Waals surface area (Å²) in [7, 11) is 0. The van der Waals surface area contributed by atoms with Crippen molar-refractivity contribution in [3.05, 3.63) is 24.0 Å². The molecule has 1 aromatic carbocycles. The fourth-order valence-corrected chi connectivity index (χ4v) is 0.945. The van der Waals surface area contributed by atoms with Gasteiger partial charge >= 0.3 is 6.36 Å². The Hall–Kier alpha value is -0.910. The molecule has 0 spiro atoms. The molecule has 0 aromatic heterocycles. The maximum absolute atomic E-state index is 12.4. The zero-order chi connectivity index (χ0) is 10.1. The van der Waals surface area contributed by atoms with E-state index in [9.17, 15) is 17.6 Å². The molecule has 72 valence electrons. The van der Waals surface area contributed by atoms with E-state index in [1.807, 2.05) is 0 Å². The Morgan fingerprint density at radius 2 is 1.85 bits per heavy atom. The first-order valence-corrected chi connectivity index (χ1v) is 3.57. The summed E-state index contributed by atoms with van der Waals surface area (Å²) in [4.78, 5) is -0.197. The normalized spacial score (nSPS) is 11.5. The summed E-state index contributed by atoms with van der Waals surface area (Å²) >= 11 is 3.61. The van der Waals surface area contributed by atoms with Crippen molar-refractivity contribution in [1.82, 2.24) is 0 Å². The average Bonchev–Trinajstić information content (AvgIpc) is 1.93. The van der Waals surface area contributed by atoms with Gasteiger partial charge in [0.25, 0.3) is 0 Å². The number of benzene rings is 1. The average molecular weight is 212 g/mol. The van der Waals surface area contributed by atoms with Gasteiger partial charge in [0.2, 0.25) is 0 Å². The third-order valence-electron chi connectivity index (χ3n) is 1.15. The number of alkyl halides is 3. The molecule has 1 nitrogen and oxygen atoms in total. The Balaban J connectivity index is 2.90. The van der Waals surface area contributed by atoms with Crippen LogP contribution in [-0.2, 0) is 0 Å². The van der Waals surface area contributed by atoms with Crippen molar-refractivity contribution in [1.29, 1.82) is 0 Å². The molecule has 0 N–H and O–H groups in total. The second kappa shape index (κ2) is 3.45. The largest absolute Gasteiger partial charge is 0.573 e. The SMILES string of the molecule is Fc1ccc(OC(F)(F)F)c(S)c1. The standard InChI is InChI=1S/C7H4F4OS/c8-4-1-2-5(6(13)3-4)12-7(9,10)11/h1-3,13H. The van der Waals surface area contributed by atoms with Gasteiger partial charge in [-0.05, 0) is 18.2 Å². The van der Waals surface area contributed by atoms with Crippen LogP contribution in [0, 0.1) is 5.82 Å². The highest BCUT2D eigenvalue weighted by molar-refractivity contribution is 7.80. The monoisotopic (exact) mass is 212 g/mol. The molecule has 0 bridgehead atoms. The zero-order valence-electron chi connectivity index (χ0n) is 6.10. The lowest BCUT2D eigenvalue weighted by molar-refractivity contribution is -0.275. The molecule has 1 aromatic rings. The second-order valence-electron chi connectivity index (χ2n) is 2.16. The molecule has 6 heteroatoms. The van der Waals surface area contributed by atoms with Crippen LogP contribution >= 0.6 is 12.6 Å². The van der Waals surface area contributed by atoms with Crippen LogP contribution in [0.1, 0.15) is 0 Å². The molecule has 0 aliphatic heterocycles. The van der Waals surface area contributed by atoms with Crippen molar-refractivity contribution in [3.63, 3.8) is 0 Å². The second-order valence-corrected chi connectivity index (χ2v) is 2.64. The van der Waals surface area contributed by atoms with Gasteiger partial charge in [0.15, 0.2) is 0 Å². The predicted octanol–water partition coefficient (Wildman–Crippen LogP) is 3.01. The summed E-state index contributed by atoms with van der Waals surface area (Å²) in [6.45, 7) is 0. The van der Waals surface area contributed by atoms with E-state index in [-0.39, 0.29) is 4.90 Å². The van der Waals surface area contributed by atoms with Crippen LogP contribution in [0.5, 0.6) is 5.75 Å². The van der Waals surface area contributed by atoms with Gasteiger partial charge < -0.3 is 4.74 Å². The Morgan fingerprint density at radius 1 is 1.23 bits per heavy atom. The molecular formula is C7H4F4OS. The molecule has 0 saturated heterocycles. The Labute approximate surface area is 76.7 Å². The lowest BCUT2D eigenvalue weighted by atomic mass is 10.3. The zero-order valence-corrected chi connectivity index (χ0v) is 6.99. The van der Waals surface area contributed by atoms with Crippen LogP contribution in [-0.4, -0.2) is 6.36 Å². The summed E-state index contributed by atoms with van der Waals surface area (Å²) in [6, 6.07) is 2.57. The summed E-state index contributed by atoms with van der Waals surface area (Å²) in [5.74, 6) is -1.18. The molecule has 0 aliphatic rings. The first-order valence-electron chi connectivity index (χ1n) is 3.13. The van der Waals surface area contributed by atoms with Crippen LogP contribution in [0.25, 0.3) is 0 Å². The summed E-state index contributed by atoms with van der Waals surface area (Å²) in [5, 5.41) is 0. The molecule has 0 unspecified atom stereocenters. The lowest BCUT2D eigenvalue weighted by Gasteiger charge is -2.10. The van der Waals surface area contributed by atoms with Gasteiger partial charge in [-0.2, -0.15) is 0 Å². The minimum Gasteiger partial charge on any atom is -0.405 e. The Morgan fingerprint density at radius 3 is 2.31 bits per heavy atom. The fourth-order valence-electron chi connectivity index (χ4n) is 0.702. The smallest absolute Gasteiger partial charge is 0.405 e. The summed E-state index contributed by atoms with van der Waals surface area (Å²) in [5.41, 5.74) is 0. The van der Waals surface area contributed by atoms with Crippen molar-refractivity contribution in [2.24, 2.45) is 0 Å². The number of ether oxygens (including phenoxy) is 1. The fraction of sp³-hybridized carbons (Fsp3) is 0.143. The molecular weight excluding hydrogens is 208 g/mol. The van der Waals surface area contributed by atoms with E-state index < -0.39 is 17.9 Å². The molecule has 0 fully saturated rings. The van der Waals surface area contributed by atoms with Crippen molar-refractivity contribution in [2.75, 3.05) is 0 Å².